The van der Waals surface area contributed by atoms with Gasteiger partial charge >= 0.3 is 0 Å². The predicted octanol–water partition coefficient (Wildman–Crippen LogP) is 4.87. The average molecular weight is 390 g/mol. The molecule has 4 nitrogen and oxygen atoms in total. The van der Waals surface area contributed by atoms with E-state index in [-0.39, 0.29) is 5.92 Å². The molecule has 3 aliphatic carbocycles. The van der Waals surface area contributed by atoms with Gasteiger partial charge in [-0.05, 0) is 65.8 Å². The fourth-order valence-corrected chi connectivity index (χ4v) is 6.03. The van der Waals surface area contributed by atoms with Gasteiger partial charge in [-0.3, -0.25) is 4.79 Å². The van der Waals surface area contributed by atoms with Gasteiger partial charge in [-0.15, -0.1) is 0 Å². The Hall–Kier alpha value is -2.75. The normalized spacial score (nSPS) is 27.3. The topological polar surface area (TPSA) is 44.8 Å². The Kier molecular flexibility index (Phi) is 4.38. The number of ether oxygens (including phenoxy) is 3. The Labute approximate surface area is 171 Å². The van der Waals surface area contributed by atoms with Crippen LogP contribution in [0.1, 0.15) is 30.4 Å². The highest BCUT2D eigenvalue weighted by atomic mass is 16.5. The number of hydrogen-bond donors (Lipinski definition) is 0. The van der Waals surface area contributed by atoms with Crippen LogP contribution in [0.3, 0.4) is 0 Å². The Bertz CT molecular complexity index is 966. The smallest absolute Gasteiger partial charge is 0.203 e. The van der Waals surface area contributed by atoms with Gasteiger partial charge in [-0.25, -0.2) is 0 Å². The second kappa shape index (κ2) is 6.94. The van der Waals surface area contributed by atoms with Gasteiger partial charge in [-0.1, -0.05) is 30.3 Å². The molecular weight excluding hydrogens is 364 g/mol. The second-order valence-corrected chi connectivity index (χ2v) is 8.32. The molecule has 0 saturated heterocycles. The predicted molar refractivity (Wildman–Crippen MR) is 112 cm³/mol. The molecule has 2 aromatic rings. The lowest BCUT2D eigenvalue weighted by atomic mass is 9.77. The van der Waals surface area contributed by atoms with Gasteiger partial charge in [0.1, 0.15) is 0 Å². The molecule has 2 aromatic carbocycles. The molecule has 5 rings (SSSR count). The second-order valence-electron chi connectivity index (χ2n) is 8.32. The molecule has 0 heterocycles. The first-order valence-electron chi connectivity index (χ1n) is 10.3. The third kappa shape index (κ3) is 2.61. The van der Waals surface area contributed by atoms with Crippen LogP contribution < -0.4 is 14.2 Å². The molecule has 0 unspecified atom stereocenters. The highest BCUT2D eigenvalue weighted by Gasteiger charge is 2.57. The van der Waals surface area contributed by atoms with E-state index in [1.807, 2.05) is 42.5 Å². The maximum atomic E-state index is 13.6. The van der Waals surface area contributed by atoms with Crippen molar-refractivity contribution in [1.82, 2.24) is 0 Å². The minimum absolute atomic E-state index is 0.123. The number of ketones is 1. The molecule has 0 spiro atoms. The summed E-state index contributed by atoms with van der Waals surface area (Å²) in [6.07, 6.45) is 3.58. The third-order valence-corrected chi connectivity index (χ3v) is 7.11. The van der Waals surface area contributed by atoms with E-state index in [1.54, 1.807) is 21.3 Å². The van der Waals surface area contributed by atoms with Crippen LogP contribution in [0.25, 0.3) is 11.1 Å². The summed E-state index contributed by atoms with van der Waals surface area (Å²) in [7, 11) is 4.88. The highest BCUT2D eigenvalue weighted by Crippen LogP contribution is 2.63. The monoisotopic (exact) mass is 390 g/mol. The van der Waals surface area contributed by atoms with Crippen molar-refractivity contribution >= 4 is 16.9 Å². The molecule has 0 amide bonds. The summed E-state index contributed by atoms with van der Waals surface area (Å²) in [4.78, 5) is 13.6. The van der Waals surface area contributed by atoms with Crippen LogP contribution in [0.4, 0.5) is 0 Å². The number of rotatable bonds is 5. The van der Waals surface area contributed by atoms with Crippen LogP contribution in [0, 0.1) is 23.7 Å². The fourth-order valence-electron chi connectivity index (χ4n) is 6.03. The summed E-state index contributed by atoms with van der Waals surface area (Å²) >= 11 is 0. The van der Waals surface area contributed by atoms with E-state index >= 15 is 0 Å². The van der Waals surface area contributed by atoms with Crippen LogP contribution in [0.5, 0.6) is 17.2 Å². The summed E-state index contributed by atoms with van der Waals surface area (Å²) in [5.41, 5.74) is 4.06. The van der Waals surface area contributed by atoms with Crippen molar-refractivity contribution in [2.75, 3.05) is 21.3 Å². The lowest BCUT2D eigenvalue weighted by molar-refractivity contribution is -0.118. The van der Waals surface area contributed by atoms with Gasteiger partial charge < -0.3 is 14.2 Å². The van der Waals surface area contributed by atoms with E-state index in [0.29, 0.717) is 40.8 Å². The number of Topliss-reactive ketones (excluding diaryl/α,β-unsaturated/α-hetero) is 1. The van der Waals surface area contributed by atoms with Gasteiger partial charge in [0.05, 0.1) is 21.3 Å². The van der Waals surface area contributed by atoms with Gasteiger partial charge in [-0.2, -0.15) is 0 Å². The molecule has 0 N–H and O–H groups in total. The molecule has 0 aliphatic heterocycles. The van der Waals surface area contributed by atoms with Gasteiger partial charge in [0.25, 0.3) is 0 Å². The average Bonchev–Trinajstić information content (AvgIpc) is 3.45. The van der Waals surface area contributed by atoms with Crippen molar-refractivity contribution in [3.63, 3.8) is 0 Å². The first-order valence-corrected chi connectivity index (χ1v) is 10.3. The Morgan fingerprint density at radius 3 is 2.00 bits per heavy atom. The number of fused-ring (bicyclic) bond motifs is 5. The van der Waals surface area contributed by atoms with E-state index in [0.717, 1.165) is 22.3 Å². The lowest BCUT2D eigenvalue weighted by Crippen LogP contribution is -2.24. The maximum Gasteiger partial charge on any atom is 0.203 e. The van der Waals surface area contributed by atoms with Crippen molar-refractivity contribution in [2.24, 2.45) is 23.7 Å². The van der Waals surface area contributed by atoms with Crippen LogP contribution in [-0.4, -0.2) is 27.1 Å². The molecule has 29 heavy (non-hydrogen) atoms. The van der Waals surface area contributed by atoms with Gasteiger partial charge in [0, 0.05) is 11.5 Å². The first kappa shape index (κ1) is 18.3. The lowest BCUT2D eigenvalue weighted by Gasteiger charge is -2.26. The zero-order chi connectivity index (χ0) is 20.1. The molecule has 150 valence electrons. The Morgan fingerprint density at radius 2 is 1.41 bits per heavy atom. The van der Waals surface area contributed by atoms with E-state index < -0.39 is 0 Å². The molecule has 2 bridgehead atoms. The highest BCUT2D eigenvalue weighted by molar-refractivity contribution is 6.33. The number of allylic oxidation sites excluding steroid dienone is 2. The summed E-state index contributed by atoms with van der Waals surface area (Å²) in [6.45, 7) is 0. The van der Waals surface area contributed by atoms with Crippen molar-refractivity contribution in [2.45, 2.75) is 19.3 Å². The SMILES string of the molecule is COc1cc(C2=C(c3ccccc3)C(=O)[C@@H]3[C@H]4CC[C@H](C4)[C@H]23)cc(OC)c1OC. The molecular formula is C25H26O4. The zero-order valence-electron chi connectivity index (χ0n) is 17.1. The maximum absolute atomic E-state index is 13.6. The number of carbonyl (C=O) groups excluding carboxylic acids is 1. The fraction of sp³-hybridized carbons (Fsp3) is 0.400. The van der Waals surface area contributed by atoms with Crippen LogP contribution >= 0.6 is 0 Å². The molecule has 4 heteroatoms. The van der Waals surface area contributed by atoms with Crippen LogP contribution in [-0.2, 0) is 4.79 Å². The standard InChI is InChI=1S/C25H26O4/c1-27-18-12-17(13-19(28-2)25(18)29-3)21-20-15-9-10-16(11-15)23(20)24(26)22(21)14-7-5-4-6-8-14/h4-8,12-13,15-16,20,23H,9-11H2,1-3H3/t15-,16+,20-,23-/m1/s1. The molecule has 2 saturated carbocycles. The van der Waals surface area contributed by atoms with Crippen molar-refractivity contribution < 1.29 is 19.0 Å². The Morgan fingerprint density at radius 1 is 0.793 bits per heavy atom. The van der Waals surface area contributed by atoms with E-state index in [1.165, 1.54) is 19.3 Å². The Balaban J connectivity index is 1.75. The summed E-state index contributed by atoms with van der Waals surface area (Å²) in [5.74, 6) is 3.67. The number of methoxy groups -OCH3 is 3. The molecule has 0 aromatic heterocycles. The van der Waals surface area contributed by atoms with Crippen molar-refractivity contribution in [3.8, 4) is 17.2 Å². The van der Waals surface area contributed by atoms with Crippen molar-refractivity contribution in [3.05, 3.63) is 53.6 Å². The first-order chi connectivity index (χ1) is 14.2. The van der Waals surface area contributed by atoms with Crippen LogP contribution in [0.2, 0.25) is 0 Å². The van der Waals surface area contributed by atoms with E-state index in [9.17, 15) is 4.79 Å². The molecule has 4 atom stereocenters. The quantitative estimate of drug-likeness (QED) is 0.731. The zero-order valence-corrected chi connectivity index (χ0v) is 17.1. The van der Waals surface area contributed by atoms with Gasteiger partial charge in [0.15, 0.2) is 17.3 Å². The molecule has 3 aliphatic rings. The number of carbonyl (C=O) groups is 1. The molecule has 0 radical (unpaired) electrons. The number of benzene rings is 2. The van der Waals surface area contributed by atoms with E-state index in [4.69, 9.17) is 14.2 Å². The van der Waals surface area contributed by atoms with Gasteiger partial charge in [0.2, 0.25) is 5.75 Å². The van der Waals surface area contributed by atoms with Crippen LogP contribution in [0.15, 0.2) is 42.5 Å². The minimum Gasteiger partial charge on any atom is -0.493 e. The largest absolute Gasteiger partial charge is 0.493 e. The summed E-state index contributed by atoms with van der Waals surface area (Å²) in [5, 5.41) is 0. The van der Waals surface area contributed by atoms with Crippen molar-refractivity contribution in [1.29, 1.82) is 0 Å². The summed E-state index contributed by atoms with van der Waals surface area (Å²) < 4.78 is 16.7. The summed E-state index contributed by atoms with van der Waals surface area (Å²) in [6, 6.07) is 14.1. The number of hydrogen-bond acceptors (Lipinski definition) is 4. The third-order valence-electron chi connectivity index (χ3n) is 7.11. The van der Waals surface area contributed by atoms with E-state index in [2.05, 4.69) is 0 Å². The molecule has 2 fully saturated rings. The minimum atomic E-state index is 0.123.